The second-order valence-corrected chi connectivity index (χ2v) is 3.90. The van der Waals surface area contributed by atoms with E-state index in [-0.39, 0.29) is 6.10 Å². The van der Waals surface area contributed by atoms with Gasteiger partial charge in [0.05, 0.1) is 12.7 Å². The van der Waals surface area contributed by atoms with Gasteiger partial charge in [-0.25, -0.2) is 0 Å². The number of likely N-dealkylation sites (N-methyl/N-ethyl adjacent to an activating group) is 1. The van der Waals surface area contributed by atoms with Gasteiger partial charge in [-0.15, -0.1) is 0 Å². The Morgan fingerprint density at radius 3 is 2.53 bits per heavy atom. The quantitative estimate of drug-likeness (QED) is 0.550. The normalized spacial score (nSPS) is 13.4. The predicted molar refractivity (Wildman–Crippen MR) is 61.1 cm³/mol. The maximum atomic E-state index is 9.10. The summed E-state index contributed by atoms with van der Waals surface area (Å²) in [6.07, 6.45) is 1.56. The Labute approximate surface area is 93.2 Å². The lowest BCUT2D eigenvalue weighted by atomic mass is 10.3. The average Bonchev–Trinajstić information content (AvgIpc) is 2.20. The van der Waals surface area contributed by atoms with E-state index < -0.39 is 0 Å². The SMILES string of the molecule is COCCCOCCN(C)CCC(C)O. The summed E-state index contributed by atoms with van der Waals surface area (Å²) in [7, 11) is 3.74. The summed E-state index contributed by atoms with van der Waals surface area (Å²) in [5, 5.41) is 9.10. The molecule has 0 bridgehead atoms. The van der Waals surface area contributed by atoms with Crippen LogP contribution < -0.4 is 0 Å². The van der Waals surface area contributed by atoms with Crippen molar-refractivity contribution in [2.45, 2.75) is 25.9 Å². The minimum Gasteiger partial charge on any atom is -0.393 e. The van der Waals surface area contributed by atoms with E-state index in [9.17, 15) is 0 Å². The molecule has 0 saturated carbocycles. The molecule has 1 unspecified atom stereocenters. The molecule has 15 heavy (non-hydrogen) atoms. The van der Waals surface area contributed by atoms with Gasteiger partial charge >= 0.3 is 0 Å². The zero-order valence-electron chi connectivity index (χ0n) is 10.2. The highest BCUT2D eigenvalue weighted by Gasteiger charge is 2.00. The lowest BCUT2D eigenvalue weighted by molar-refractivity contribution is 0.0848. The predicted octanol–water partition coefficient (Wildman–Crippen LogP) is 0.742. The first-order valence-corrected chi connectivity index (χ1v) is 5.60. The van der Waals surface area contributed by atoms with Crippen molar-refractivity contribution in [1.29, 1.82) is 0 Å². The maximum Gasteiger partial charge on any atom is 0.0593 e. The van der Waals surface area contributed by atoms with Gasteiger partial charge in [0.25, 0.3) is 0 Å². The molecule has 1 N–H and O–H groups in total. The standard InChI is InChI=1S/C11H25NO3/c1-11(13)5-6-12(2)7-10-15-9-4-8-14-3/h11,13H,4-10H2,1-3H3. The molecule has 0 rings (SSSR count). The summed E-state index contributed by atoms with van der Waals surface area (Å²) in [5.41, 5.74) is 0. The van der Waals surface area contributed by atoms with Crippen LogP contribution in [0, 0.1) is 0 Å². The number of rotatable bonds is 10. The molecule has 0 radical (unpaired) electrons. The van der Waals surface area contributed by atoms with E-state index in [0.29, 0.717) is 0 Å². The number of aliphatic hydroxyl groups excluding tert-OH is 1. The Morgan fingerprint density at radius 1 is 1.20 bits per heavy atom. The lowest BCUT2D eigenvalue weighted by Gasteiger charge is -2.17. The molecule has 0 aromatic heterocycles. The minimum atomic E-state index is -0.213. The highest BCUT2D eigenvalue weighted by Crippen LogP contribution is 1.93. The third kappa shape index (κ3) is 11.8. The lowest BCUT2D eigenvalue weighted by Crippen LogP contribution is -2.26. The van der Waals surface area contributed by atoms with Crippen molar-refractivity contribution in [3.05, 3.63) is 0 Å². The first-order chi connectivity index (χ1) is 7.16. The summed E-state index contributed by atoms with van der Waals surface area (Å²) in [4.78, 5) is 2.17. The number of methoxy groups -OCH3 is 1. The van der Waals surface area contributed by atoms with Crippen molar-refractivity contribution in [1.82, 2.24) is 4.90 Å². The molecule has 0 aliphatic heterocycles. The molecule has 0 aromatic carbocycles. The summed E-state index contributed by atoms with van der Waals surface area (Å²) in [6, 6.07) is 0. The maximum absolute atomic E-state index is 9.10. The van der Waals surface area contributed by atoms with Gasteiger partial charge in [-0.3, -0.25) is 0 Å². The fourth-order valence-corrected chi connectivity index (χ4v) is 1.15. The average molecular weight is 219 g/mol. The van der Waals surface area contributed by atoms with Crippen molar-refractivity contribution >= 4 is 0 Å². The molecular weight excluding hydrogens is 194 g/mol. The summed E-state index contributed by atoms with van der Waals surface area (Å²) >= 11 is 0. The molecule has 4 nitrogen and oxygen atoms in total. The first-order valence-electron chi connectivity index (χ1n) is 5.60. The van der Waals surface area contributed by atoms with Crippen LogP contribution in [-0.2, 0) is 9.47 Å². The highest BCUT2D eigenvalue weighted by atomic mass is 16.5. The molecule has 4 heteroatoms. The van der Waals surface area contributed by atoms with Crippen LogP contribution in [0.4, 0.5) is 0 Å². The monoisotopic (exact) mass is 219 g/mol. The topological polar surface area (TPSA) is 41.9 Å². The van der Waals surface area contributed by atoms with E-state index in [2.05, 4.69) is 4.90 Å². The molecule has 0 heterocycles. The molecular formula is C11H25NO3. The van der Waals surface area contributed by atoms with Crippen molar-refractivity contribution in [2.75, 3.05) is 47.1 Å². The fraction of sp³-hybridized carbons (Fsp3) is 1.00. The van der Waals surface area contributed by atoms with Crippen LogP contribution in [0.1, 0.15) is 19.8 Å². The summed E-state index contributed by atoms with van der Waals surface area (Å²) in [5.74, 6) is 0. The van der Waals surface area contributed by atoms with Crippen LogP contribution in [0.2, 0.25) is 0 Å². The Balaban J connectivity index is 3.13. The summed E-state index contributed by atoms with van der Waals surface area (Å²) in [6.45, 7) is 5.92. The molecule has 92 valence electrons. The van der Waals surface area contributed by atoms with Crippen LogP contribution in [0.5, 0.6) is 0 Å². The fourth-order valence-electron chi connectivity index (χ4n) is 1.15. The smallest absolute Gasteiger partial charge is 0.0593 e. The molecule has 0 amide bonds. The van der Waals surface area contributed by atoms with Gasteiger partial charge in [0.1, 0.15) is 0 Å². The molecule has 0 fully saturated rings. The van der Waals surface area contributed by atoms with Crippen LogP contribution in [0.25, 0.3) is 0 Å². The van der Waals surface area contributed by atoms with Gasteiger partial charge in [-0.2, -0.15) is 0 Å². The van der Waals surface area contributed by atoms with Crippen LogP contribution >= 0.6 is 0 Å². The van der Waals surface area contributed by atoms with Gasteiger partial charge < -0.3 is 19.5 Å². The van der Waals surface area contributed by atoms with E-state index in [1.54, 1.807) is 7.11 Å². The molecule has 1 atom stereocenters. The van der Waals surface area contributed by atoms with E-state index >= 15 is 0 Å². The van der Waals surface area contributed by atoms with Gasteiger partial charge in [-0.1, -0.05) is 0 Å². The largest absolute Gasteiger partial charge is 0.393 e. The summed E-state index contributed by atoms with van der Waals surface area (Å²) < 4.78 is 10.3. The van der Waals surface area contributed by atoms with Gasteiger partial charge in [0.2, 0.25) is 0 Å². The number of hydrogen-bond acceptors (Lipinski definition) is 4. The Morgan fingerprint density at radius 2 is 1.93 bits per heavy atom. The van der Waals surface area contributed by atoms with Crippen molar-refractivity contribution in [2.24, 2.45) is 0 Å². The zero-order valence-corrected chi connectivity index (χ0v) is 10.2. The molecule has 0 spiro atoms. The number of hydrogen-bond donors (Lipinski definition) is 1. The van der Waals surface area contributed by atoms with E-state index in [0.717, 1.165) is 45.8 Å². The molecule has 0 saturated heterocycles. The number of aliphatic hydroxyl groups is 1. The molecule has 0 aromatic rings. The van der Waals surface area contributed by atoms with Crippen LogP contribution in [-0.4, -0.2) is 63.2 Å². The van der Waals surface area contributed by atoms with E-state index in [1.807, 2.05) is 14.0 Å². The third-order valence-corrected chi connectivity index (χ3v) is 2.18. The minimum absolute atomic E-state index is 0.213. The van der Waals surface area contributed by atoms with E-state index in [4.69, 9.17) is 14.6 Å². The van der Waals surface area contributed by atoms with Crippen LogP contribution in [0.3, 0.4) is 0 Å². The van der Waals surface area contributed by atoms with Crippen LogP contribution in [0.15, 0.2) is 0 Å². The number of ether oxygens (including phenoxy) is 2. The van der Waals surface area contributed by atoms with E-state index in [1.165, 1.54) is 0 Å². The number of nitrogens with zero attached hydrogens (tertiary/aromatic N) is 1. The first kappa shape index (κ1) is 14.8. The Kier molecular flexibility index (Phi) is 10.3. The zero-order chi connectivity index (χ0) is 11.5. The second-order valence-electron chi connectivity index (χ2n) is 3.90. The van der Waals surface area contributed by atoms with Crippen molar-refractivity contribution in [3.8, 4) is 0 Å². The van der Waals surface area contributed by atoms with Crippen molar-refractivity contribution < 1.29 is 14.6 Å². The van der Waals surface area contributed by atoms with Gasteiger partial charge in [0, 0.05) is 33.4 Å². The van der Waals surface area contributed by atoms with Gasteiger partial charge in [0.15, 0.2) is 0 Å². The Hall–Kier alpha value is -0.160. The van der Waals surface area contributed by atoms with Crippen molar-refractivity contribution in [3.63, 3.8) is 0 Å². The molecule has 0 aliphatic carbocycles. The highest BCUT2D eigenvalue weighted by molar-refractivity contribution is 4.54. The Bertz CT molecular complexity index is 131. The van der Waals surface area contributed by atoms with Gasteiger partial charge in [-0.05, 0) is 26.8 Å². The second kappa shape index (κ2) is 10.4. The molecule has 0 aliphatic rings. The third-order valence-electron chi connectivity index (χ3n) is 2.18.